The Morgan fingerprint density at radius 1 is 0.741 bits per heavy atom. The van der Waals surface area contributed by atoms with Crippen LogP contribution < -0.4 is 5.32 Å². The zero-order chi connectivity index (χ0) is 20.2. The second kappa shape index (κ2) is 19.5. The number of rotatable bonds is 18. The van der Waals surface area contributed by atoms with Crippen LogP contribution in [0.1, 0.15) is 110 Å². The average molecular weight is 386 g/mol. The Bertz CT molecular complexity index is 360. The molecule has 0 aromatic carbocycles. The van der Waals surface area contributed by atoms with E-state index in [1.807, 2.05) is 0 Å². The van der Waals surface area contributed by atoms with E-state index in [9.17, 15) is 9.59 Å². The van der Waals surface area contributed by atoms with E-state index in [0.29, 0.717) is 13.0 Å². The van der Waals surface area contributed by atoms with Crippen molar-refractivity contribution in [3.63, 3.8) is 0 Å². The zero-order valence-corrected chi connectivity index (χ0v) is 18.0. The molecule has 0 heterocycles. The van der Waals surface area contributed by atoms with Crippen molar-refractivity contribution in [3.05, 3.63) is 0 Å². The molecule has 0 aromatic rings. The molecule has 27 heavy (non-hydrogen) atoms. The van der Waals surface area contributed by atoms with E-state index < -0.39 is 12.1 Å². The molecule has 1 atom stereocenters. The molecule has 0 radical (unpaired) electrons. The van der Waals surface area contributed by atoms with Crippen LogP contribution in [0.5, 0.6) is 0 Å². The highest BCUT2D eigenvalue weighted by atomic mass is 16.5. The van der Waals surface area contributed by atoms with Gasteiger partial charge < -0.3 is 14.8 Å². The van der Waals surface area contributed by atoms with Gasteiger partial charge in [-0.25, -0.2) is 9.59 Å². The third-order valence-electron chi connectivity index (χ3n) is 4.85. The highest BCUT2D eigenvalue weighted by Crippen LogP contribution is 2.11. The average Bonchev–Trinajstić information content (AvgIpc) is 2.68. The molecule has 0 saturated carbocycles. The van der Waals surface area contributed by atoms with Crippen molar-refractivity contribution < 1.29 is 19.1 Å². The largest absolute Gasteiger partial charge is 0.464 e. The smallest absolute Gasteiger partial charge is 0.407 e. The summed E-state index contributed by atoms with van der Waals surface area (Å²) in [5.74, 6) is -0.340. The number of alkyl carbamates (subject to hydrolysis) is 1. The lowest BCUT2D eigenvalue weighted by Crippen LogP contribution is -2.41. The minimum Gasteiger partial charge on any atom is -0.464 e. The van der Waals surface area contributed by atoms with Gasteiger partial charge in [-0.3, -0.25) is 0 Å². The topological polar surface area (TPSA) is 64.6 Å². The number of hydrogen-bond acceptors (Lipinski definition) is 4. The fraction of sp³-hybridized carbons (Fsp3) is 0.909. The van der Waals surface area contributed by atoms with Gasteiger partial charge in [-0.1, -0.05) is 97.3 Å². The number of unbranched alkanes of at least 4 members (excludes halogenated alkanes) is 12. The Labute approximate surface area is 167 Å². The summed E-state index contributed by atoms with van der Waals surface area (Å²) in [6, 6.07) is -0.600. The van der Waals surface area contributed by atoms with Crippen molar-refractivity contribution in [1.82, 2.24) is 5.32 Å². The second-order valence-electron chi connectivity index (χ2n) is 7.39. The van der Waals surface area contributed by atoms with Gasteiger partial charge in [-0.15, -0.1) is 0 Å². The van der Waals surface area contributed by atoms with Crippen LogP contribution in [0.2, 0.25) is 0 Å². The van der Waals surface area contributed by atoms with E-state index in [1.54, 1.807) is 0 Å². The number of carbonyl (C=O) groups is 2. The van der Waals surface area contributed by atoms with E-state index in [2.05, 4.69) is 23.9 Å². The minimum atomic E-state index is -0.600. The molecule has 0 spiro atoms. The maximum Gasteiger partial charge on any atom is 0.407 e. The highest BCUT2D eigenvalue weighted by Gasteiger charge is 2.22. The molecule has 1 N–H and O–H groups in total. The van der Waals surface area contributed by atoms with Crippen molar-refractivity contribution in [2.24, 2.45) is 0 Å². The Morgan fingerprint density at radius 3 is 1.74 bits per heavy atom. The number of methoxy groups -OCH3 is 1. The Balaban J connectivity index is 3.80. The van der Waals surface area contributed by atoms with Gasteiger partial charge in [0.25, 0.3) is 0 Å². The molecule has 0 fully saturated rings. The van der Waals surface area contributed by atoms with Crippen LogP contribution in [0.15, 0.2) is 0 Å². The molecule has 5 heteroatoms. The van der Waals surface area contributed by atoms with Crippen LogP contribution in [-0.4, -0.2) is 31.8 Å². The van der Waals surface area contributed by atoms with E-state index in [4.69, 9.17) is 4.74 Å². The van der Waals surface area contributed by atoms with Gasteiger partial charge in [0.2, 0.25) is 0 Å². The second-order valence-corrected chi connectivity index (χ2v) is 7.39. The number of esters is 1. The molecule has 160 valence electrons. The Hall–Kier alpha value is -1.26. The fourth-order valence-corrected chi connectivity index (χ4v) is 3.09. The van der Waals surface area contributed by atoms with Crippen molar-refractivity contribution in [2.75, 3.05) is 13.7 Å². The molecule has 0 aliphatic heterocycles. The van der Waals surface area contributed by atoms with Gasteiger partial charge in [-0.2, -0.15) is 0 Å². The summed E-state index contributed by atoms with van der Waals surface area (Å²) < 4.78 is 9.98. The SMILES string of the molecule is CCCCCCCCCCCCOC(=O)C(CCCCCC)NC(=O)OC. The normalized spacial score (nSPS) is 11.8. The Kier molecular flexibility index (Phi) is 18.6. The van der Waals surface area contributed by atoms with Gasteiger partial charge in [0.1, 0.15) is 6.04 Å². The number of hydrogen-bond donors (Lipinski definition) is 1. The predicted octanol–water partition coefficient (Wildman–Crippen LogP) is 6.15. The van der Waals surface area contributed by atoms with E-state index >= 15 is 0 Å². The first-order chi connectivity index (χ1) is 13.2. The van der Waals surface area contributed by atoms with E-state index in [-0.39, 0.29) is 5.97 Å². The van der Waals surface area contributed by atoms with Crippen molar-refractivity contribution >= 4 is 12.1 Å². The number of nitrogens with one attached hydrogen (secondary N) is 1. The standard InChI is InChI=1S/C22H43NO4/c1-4-6-8-10-11-12-13-14-15-17-19-27-21(24)20(23-22(25)26-3)18-16-9-7-5-2/h20H,4-19H2,1-3H3,(H,23,25). The summed E-state index contributed by atoms with van der Waals surface area (Å²) in [7, 11) is 1.30. The first-order valence-electron chi connectivity index (χ1n) is 11.2. The maximum absolute atomic E-state index is 12.2. The van der Waals surface area contributed by atoms with Gasteiger partial charge in [0.15, 0.2) is 0 Å². The van der Waals surface area contributed by atoms with Gasteiger partial charge in [-0.05, 0) is 12.8 Å². The lowest BCUT2D eigenvalue weighted by molar-refractivity contribution is -0.146. The van der Waals surface area contributed by atoms with Crippen LogP contribution in [0.4, 0.5) is 4.79 Å². The van der Waals surface area contributed by atoms with Gasteiger partial charge in [0, 0.05) is 0 Å². The number of amides is 1. The monoisotopic (exact) mass is 385 g/mol. The molecule has 0 rings (SSSR count). The van der Waals surface area contributed by atoms with E-state index in [0.717, 1.165) is 38.5 Å². The Morgan fingerprint density at radius 2 is 1.22 bits per heavy atom. The van der Waals surface area contributed by atoms with E-state index in [1.165, 1.54) is 58.5 Å². The first kappa shape index (κ1) is 25.7. The molecule has 5 nitrogen and oxygen atoms in total. The quantitative estimate of drug-likeness (QED) is 0.227. The maximum atomic E-state index is 12.2. The summed E-state index contributed by atoms with van der Waals surface area (Å²) >= 11 is 0. The van der Waals surface area contributed by atoms with Crippen LogP contribution in [0.3, 0.4) is 0 Å². The highest BCUT2D eigenvalue weighted by molar-refractivity contribution is 5.81. The molecule has 0 bridgehead atoms. The number of carbonyl (C=O) groups excluding carboxylic acids is 2. The summed E-state index contributed by atoms with van der Waals surface area (Å²) in [6.07, 6.45) is 16.7. The van der Waals surface area contributed by atoms with Crippen molar-refractivity contribution in [1.29, 1.82) is 0 Å². The van der Waals surface area contributed by atoms with Crippen LogP contribution >= 0.6 is 0 Å². The van der Waals surface area contributed by atoms with Crippen LogP contribution in [0, 0.1) is 0 Å². The van der Waals surface area contributed by atoms with Crippen LogP contribution in [-0.2, 0) is 14.3 Å². The molecule has 0 saturated heterocycles. The zero-order valence-electron chi connectivity index (χ0n) is 18.0. The molecular formula is C22H43NO4. The summed E-state index contributed by atoms with van der Waals surface area (Å²) in [5, 5.41) is 2.60. The minimum absolute atomic E-state index is 0.340. The molecule has 1 amide bonds. The summed E-state index contributed by atoms with van der Waals surface area (Å²) in [5.41, 5.74) is 0. The molecule has 1 unspecified atom stereocenters. The molecule has 0 aromatic heterocycles. The van der Waals surface area contributed by atoms with Crippen LogP contribution in [0.25, 0.3) is 0 Å². The fourth-order valence-electron chi connectivity index (χ4n) is 3.09. The summed E-state index contributed by atoms with van der Waals surface area (Å²) in [6.45, 7) is 4.82. The lowest BCUT2D eigenvalue weighted by atomic mass is 10.1. The lowest BCUT2D eigenvalue weighted by Gasteiger charge is -2.17. The first-order valence-corrected chi connectivity index (χ1v) is 11.2. The van der Waals surface area contributed by atoms with Gasteiger partial charge in [0.05, 0.1) is 13.7 Å². The predicted molar refractivity (Wildman–Crippen MR) is 111 cm³/mol. The molecule has 0 aliphatic rings. The third-order valence-corrected chi connectivity index (χ3v) is 4.85. The molecular weight excluding hydrogens is 342 g/mol. The van der Waals surface area contributed by atoms with Crippen molar-refractivity contribution in [3.8, 4) is 0 Å². The number of ether oxygens (including phenoxy) is 2. The van der Waals surface area contributed by atoms with Crippen molar-refractivity contribution in [2.45, 2.75) is 116 Å². The third kappa shape index (κ3) is 16.6. The summed E-state index contributed by atoms with van der Waals surface area (Å²) in [4.78, 5) is 23.7. The van der Waals surface area contributed by atoms with Gasteiger partial charge >= 0.3 is 12.1 Å². The molecule has 0 aliphatic carbocycles.